The summed E-state index contributed by atoms with van der Waals surface area (Å²) in [5, 5.41) is 3.01. The molecule has 5 nitrogen and oxygen atoms in total. The normalized spacial score (nSPS) is 24.5. The molecule has 1 saturated carbocycles. The Morgan fingerprint density at radius 2 is 2.10 bits per heavy atom. The number of aromatic nitrogens is 1. The fourth-order valence-electron chi connectivity index (χ4n) is 3.56. The van der Waals surface area contributed by atoms with Gasteiger partial charge in [0.15, 0.2) is 0 Å². The summed E-state index contributed by atoms with van der Waals surface area (Å²) < 4.78 is 0. The van der Waals surface area contributed by atoms with Crippen molar-refractivity contribution in [3.05, 3.63) is 24.0 Å². The van der Waals surface area contributed by atoms with Crippen molar-refractivity contribution in [3.63, 3.8) is 0 Å². The summed E-state index contributed by atoms with van der Waals surface area (Å²) in [6, 6.07) is 3.26. The third-order valence-corrected chi connectivity index (χ3v) is 4.69. The molecule has 1 spiro atoms. The highest BCUT2D eigenvalue weighted by Crippen LogP contribution is 2.37. The second-order valence-corrected chi connectivity index (χ2v) is 5.99. The van der Waals surface area contributed by atoms with Crippen molar-refractivity contribution in [2.45, 2.75) is 57.5 Å². The van der Waals surface area contributed by atoms with Gasteiger partial charge in [0.1, 0.15) is 11.6 Å². The number of amides is 2. The lowest BCUT2D eigenvalue weighted by atomic mass is 9.89. The van der Waals surface area contributed by atoms with Gasteiger partial charge in [-0.3, -0.25) is 19.5 Å². The predicted molar refractivity (Wildman–Crippen MR) is 79.9 cm³/mol. The zero-order valence-electron chi connectivity index (χ0n) is 12.6. The van der Waals surface area contributed by atoms with E-state index in [4.69, 9.17) is 0 Å². The predicted octanol–water partition coefficient (Wildman–Crippen LogP) is 1.94. The van der Waals surface area contributed by atoms with Crippen molar-refractivity contribution < 1.29 is 9.59 Å². The molecule has 2 amide bonds. The molecule has 1 N–H and O–H groups in total. The molecule has 1 aliphatic heterocycles. The first-order valence-corrected chi connectivity index (χ1v) is 7.66. The minimum absolute atomic E-state index is 0.0301. The van der Waals surface area contributed by atoms with E-state index in [0.717, 1.165) is 37.1 Å². The Morgan fingerprint density at radius 1 is 1.38 bits per heavy atom. The SMILES string of the molecule is CCC1C(=O)NC2(CCCC2)C(=O)N1c1cccnc1C. The fourth-order valence-corrected chi connectivity index (χ4v) is 3.56. The van der Waals surface area contributed by atoms with Crippen LogP contribution in [0.4, 0.5) is 5.69 Å². The van der Waals surface area contributed by atoms with Gasteiger partial charge in [-0.2, -0.15) is 0 Å². The van der Waals surface area contributed by atoms with E-state index in [0.29, 0.717) is 6.42 Å². The molecule has 3 rings (SSSR count). The van der Waals surface area contributed by atoms with Crippen LogP contribution in [0.3, 0.4) is 0 Å². The summed E-state index contributed by atoms with van der Waals surface area (Å²) in [5.74, 6) is -0.00944. The number of rotatable bonds is 2. The molecule has 1 aromatic rings. The highest BCUT2D eigenvalue weighted by molar-refractivity contribution is 6.11. The van der Waals surface area contributed by atoms with Crippen LogP contribution in [0.1, 0.15) is 44.7 Å². The van der Waals surface area contributed by atoms with Crippen LogP contribution >= 0.6 is 0 Å². The zero-order chi connectivity index (χ0) is 15.0. The van der Waals surface area contributed by atoms with E-state index >= 15 is 0 Å². The molecule has 1 unspecified atom stereocenters. The van der Waals surface area contributed by atoms with Crippen molar-refractivity contribution in [2.24, 2.45) is 0 Å². The van der Waals surface area contributed by atoms with E-state index in [1.807, 2.05) is 26.0 Å². The maximum Gasteiger partial charge on any atom is 0.253 e. The van der Waals surface area contributed by atoms with E-state index in [1.54, 1.807) is 11.1 Å². The van der Waals surface area contributed by atoms with Crippen molar-refractivity contribution >= 4 is 17.5 Å². The highest BCUT2D eigenvalue weighted by Gasteiger charge is 2.52. The summed E-state index contributed by atoms with van der Waals surface area (Å²) in [5.41, 5.74) is 0.855. The van der Waals surface area contributed by atoms with Gasteiger partial charge in [0.05, 0.1) is 11.4 Å². The molecule has 0 radical (unpaired) electrons. The molecule has 1 aliphatic carbocycles. The minimum Gasteiger partial charge on any atom is -0.340 e. The number of piperazine rings is 1. The Bertz CT molecular complexity index is 579. The van der Waals surface area contributed by atoms with Gasteiger partial charge in [0.25, 0.3) is 5.91 Å². The van der Waals surface area contributed by atoms with Crippen LogP contribution in [0.5, 0.6) is 0 Å². The Hall–Kier alpha value is -1.91. The third kappa shape index (κ3) is 2.11. The van der Waals surface area contributed by atoms with Gasteiger partial charge < -0.3 is 5.32 Å². The molecule has 21 heavy (non-hydrogen) atoms. The highest BCUT2D eigenvalue weighted by atomic mass is 16.2. The van der Waals surface area contributed by atoms with Gasteiger partial charge in [-0.05, 0) is 38.3 Å². The minimum atomic E-state index is -0.689. The first kappa shape index (κ1) is 14.0. The molecule has 5 heteroatoms. The second-order valence-electron chi connectivity index (χ2n) is 5.99. The van der Waals surface area contributed by atoms with Crippen LogP contribution < -0.4 is 10.2 Å². The van der Waals surface area contributed by atoms with Gasteiger partial charge in [0, 0.05) is 6.20 Å². The van der Waals surface area contributed by atoms with Crippen LogP contribution in [0.15, 0.2) is 18.3 Å². The second kappa shape index (κ2) is 5.13. The van der Waals surface area contributed by atoms with Crippen LogP contribution in [-0.4, -0.2) is 28.4 Å². The smallest absolute Gasteiger partial charge is 0.253 e. The Balaban J connectivity index is 2.07. The number of anilines is 1. The van der Waals surface area contributed by atoms with Crippen molar-refractivity contribution in [1.82, 2.24) is 10.3 Å². The largest absolute Gasteiger partial charge is 0.340 e. The topological polar surface area (TPSA) is 62.3 Å². The Labute approximate surface area is 124 Å². The molecular weight excluding hydrogens is 266 g/mol. The molecule has 1 atom stereocenters. The monoisotopic (exact) mass is 287 g/mol. The van der Waals surface area contributed by atoms with Gasteiger partial charge >= 0.3 is 0 Å². The number of nitrogens with one attached hydrogen (secondary N) is 1. The first-order valence-electron chi connectivity index (χ1n) is 7.66. The molecule has 1 aromatic heterocycles. The lowest BCUT2D eigenvalue weighted by molar-refractivity contribution is -0.138. The number of carbonyl (C=O) groups excluding carboxylic acids is 2. The molecule has 2 aliphatic rings. The van der Waals surface area contributed by atoms with E-state index in [9.17, 15) is 9.59 Å². The summed E-state index contributed by atoms with van der Waals surface area (Å²) in [4.78, 5) is 31.6. The van der Waals surface area contributed by atoms with Gasteiger partial charge in [0.2, 0.25) is 5.91 Å². The number of pyridine rings is 1. The standard InChI is InChI=1S/C16H21N3O2/c1-3-12-14(20)18-16(8-4-5-9-16)15(21)19(12)13-7-6-10-17-11(13)2/h6-7,10,12H,3-5,8-9H2,1-2H3,(H,18,20). The van der Waals surface area contributed by atoms with Crippen molar-refractivity contribution in [2.75, 3.05) is 4.90 Å². The number of aryl methyl sites for hydroxylation is 1. The Morgan fingerprint density at radius 3 is 2.71 bits per heavy atom. The van der Waals surface area contributed by atoms with Crippen LogP contribution in [0, 0.1) is 6.92 Å². The molecule has 0 bridgehead atoms. The van der Waals surface area contributed by atoms with E-state index in [2.05, 4.69) is 10.3 Å². The van der Waals surface area contributed by atoms with E-state index in [1.165, 1.54) is 0 Å². The summed E-state index contributed by atoms with van der Waals surface area (Å²) in [6.07, 6.45) is 5.76. The molecule has 1 saturated heterocycles. The van der Waals surface area contributed by atoms with Gasteiger partial charge in [-0.25, -0.2) is 0 Å². The Kier molecular flexibility index (Phi) is 3.43. The van der Waals surface area contributed by atoms with E-state index in [-0.39, 0.29) is 11.8 Å². The molecule has 0 aromatic carbocycles. The molecule has 112 valence electrons. The molecule has 2 fully saturated rings. The van der Waals surface area contributed by atoms with Crippen LogP contribution in [0.2, 0.25) is 0 Å². The zero-order valence-corrected chi connectivity index (χ0v) is 12.6. The number of nitrogens with zero attached hydrogens (tertiary/aromatic N) is 2. The van der Waals surface area contributed by atoms with Crippen molar-refractivity contribution in [1.29, 1.82) is 0 Å². The summed E-state index contributed by atoms with van der Waals surface area (Å²) >= 11 is 0. The summed E-state index contributed by atoms with van der Waals surface area (Å²) in [7, 11) is 0. The lowest BCUT2D eigenvalue weighted by Crippen LogP contribution is -2.69. The molecular formula is C16H21N3O2. The molecule has 2 heterocycles. The average molecular weight is 287 g/mol. The third-order valence-electron chi connectivity index (χ3n) is 4.69. The lowest BCUT2D eigenvalue weighted by Gasteiger charge is -2.44. The fraction of sp³-hybridized carbons (Fsp3) is 0.562. The van der Waals surface area contributed by atoms with E-state index < -0.39 is 11.6 Å². The summed E-state index contributed by atoms with van der Waals surface area (Å²) in [6.45, 7) is 3.81. The van der Waals surface area contributed by atoms with Crippen LogP contribution in [-0.2, 0) is 9.59 Å². The number of hydrogen-bond acceptors (Lipinski definition) is 3. The van der Waals surface area contributed by atoms with Gasteiger partial charge in [-0.15, -0.1) is 0 Å². The maximum absolute atomic E-state index is 13.1. The van der Waals surface area contributed by atoms with Gasteiger partial charge in [-0.1, -0.05) is 19.8 Å². The maximum atomic E-state index is 13.1. The first-order chi connectivity index (χ1) is 10.1. The number of hydrogen-bond donors (Lipinski definition) is 1. The quantitative estimate of drug-likeness (QED) is 0.904. The van der Waals surface area contributed by atoms with Crippen molar-refractivity contribution in [3.8, 4) is 0 Å². The van der Waals surface area contributed by atoms with Crippen LogP contribution in [0.25, 0.3) is 0 Å². The number of carbonyl (C=O) groups is 2. The average Bonchev–Trinajstić information content (AvgIpc) is 2.93.